The molecule has 7 nitrogen and oxygen atoms in total. The number of hydrogen-bond acceptors (Lipinski definition) is 4. The van der Waals surface area contributed by atoms with Crippen LogP contribution in [0.15, 0.2) is 41.4 Å². The van der Waals surface area contributed by atoms with E-state index in [-0.39, 0.29) is 16.8 Å². The summed E-state index contributed by atoms with van der Waals surface area (Å²) in [6.45, 7) is 3.62. The quantitative estimate of drug-likeness (QED) is 0.820. The molecule has 0 spiro atoms. The van der Waals surface area contributed by atoms with Crippen molar-refractivity contribution < 1.29 is 13.2 Å². The Labute approximate surface area is 160 Å². The van der Waals surface area contributed by atoms with Crippen LogP contribution >= 0.6 is 0 Å². The number of rotatable bonds is 6. The fraction of sp³-hybridized carbons (Fsp3) is 0.474. The number of sulfonamides is 1. The van der Waals surface area contributed by atoms with E-state index in [1.54, 1.807) is 19.3 Å². The Bertz CT molecular complexity index is 897. The van der Waals surface area contributed by atoms with Crippen molar-refractivity contribution in [2.45, 2.75) is 56.5 Å². The Kier molecular flexibility index (Phi) is 5.67. The summed E-state index contributed by atoms with van der Waals surface area (Å²) in [5, 5.41) is 7.23. The molecule has 0 atom stereocenters. The Morgan fingerprint density at radius 3 is 2.41 bits per heavy atom. The van der Waals surface area contributed by atoms with E-state index < -0.39 is 10.0 Å². The van der Waals surface area contributed by atoms with E-state index in [4.69, 9.17) is 0 Å². The van der Waals surface area contributed by atoms with Gasteiger partial charge >= 0.3 is 0 Å². The maximum Gasteiger partial charge on any atom is 0.256 e. The molecule has 1 amide bonds. The molecule has 1 heterocycles. The van der Waals surface area contributed by atoms with Crippen LogP contribution in [0.4, 0.5) is 5.82 Å². The summed E-state index contributed by atoms with van der Waals surface area (Å²) in [4.78, 5) is 12.7. The summed E-state index contributed by atoms with van der Waals surface area (Å²) in [6, 6.07) is 7.98. The molecule has 1 aliphatic carbocycles. The highest BCUT2D eigenvalue weighted by Crippen LogP contribution is 2.31. The summed E-state index contributed by atoms with van der Waals surface area (Å²) in [6.07, 6.45) is 6.18. The van der Waals surface area contributed by atoms with Gasteiger partial charge in [0.1, 0.15) is 5.82 Å². The molecule has 0 saturated heterocycles. The summed E-state index contributed by atoms with van der Waals surface area (Å²) in [7, 11) is -2.01. The van der Waals surface area contributed by atoms with Crippen LogP contribution in [-0.2, 0) is 10.0 Å². The average Bonchev–Trinajstić information content (AvgIpc) is 3.32. The lowest BCUT2D eigenvalue weighted by molar-refractivity contribution is 0.102. The number of amides is 1. The molecule has 8 heteroatoms. The number of nitrogens with one attached hydrogen (secondary N) is 1. The lowest BCUT2D eigenvalue weighted by atomic mass is 10.2. The van der Waals surface area contributed by atoms with E-state index in [1.165, 1.54) is 41.4 Å². The zero-order chi connectivity index (χ0) is 19.6. The van der Waals surface area contributed by atoms with Gasteiger partial charge < -0.3 is 5.32 Å². The first-order valence-corrected chi connectivity index (χ1v) is 10.7. The molecule has 27 heavy (non-hydrogen) atoms. The molecule has 0 radical (unpaired) electrons. The number of benzene rings is 1. The van der Waals surface area contributed by atoms with Crippen molar-refractivity contribution in [3.8, 4) is 0 Å². The third kappa shape index (κ3) is 4.06. The Hall–Kier alpha value is -2.19. The van der Waals surface area contributed by atoms with Gasteiger partial charge in [0.2, 0.25) is 10.0 Å². The maximum absolute atomic E-state index is 12.6. The van der Waals surface area contributed by atoms with Crippen LogP contribution in [0.1, 0.15) is 55.9 Å². The number of hydrogen-bond donors (Lipinski definition) is 1. The molecule has 1 aliphatic rings. The second-order valence-corrected chi connectivity index (χ2v) is 9.19. The molecule has 3 rings (SSSR count). The topological polar surface area (TPSA) is 84.3 Å². The largest absolute Gasteiger partial charge is 0.307 e. The smallest absolute Gasteiger partial charge is 0.256 e. The Morgan fingerprint density at radius 2 is 1.81 bits per heavy atom. The first-order valence-electron chi connectivity index (χ1n) is 9.23. The second-order valence-electron chi connectivity index (χ2n) is 7.19. The van der Waals surface area contributed by atoms with E-state index >= 15 is 0 Å². The minimum Gasteiger partial charge on any atom is -0.307 e. The summed E-state index contributed by atoms with van der Waals surface area (Å²) < 4.78 is 28.2. The molecule has 1 aromatic carbocycles. The Morgan fingerprint density at radius 1 is 1.19 bits per heavy atom. The van der Waals surface area contributed by atoms with Crippen molar-refractivity contribution >= 4 is 21.7 Å². The van der Waals surface area contributed by atoms with Crippen LogP contribution in [0.5, 0.6) is 0 Å². The fourth-order valence-corrected chi connectivity index (χ4v) is 4.63. The monoisotopic (exact) mass is 390 g/mol. The van der Waals surface area contributed by atoms with Gasteiger partial charge in [-0.05, 0) is 51.0 Å². The highest BCUT2D eigenvalue weighted by atomic mass is 32.2. The third-order valence-electron chi connectivity index (χ3n) is 5.10. The van der Waals surface area contributed by atoms with Gasteiger partial charge in [0.05, 0.1) is 17.1 Å². The van der Waals surface area contributed by atoms with E-state index in [1.807, 2.05) is 18.5 Å². The van der Waals surface area contributed by atoms with Crippen molar-refractivity contribution in [2.24, 2.45) is 0 Å². The predicted octanol–water partition coefficient (Wildman–Crippen LogP) is 3.28. The van der Waals surface area contributed by atoms with Gasteiger partial charge in [0, 0.05) is 24.7 Å². The number of aromatic nitrogens is 2. The van der Waals surface area contributed by atoms with Gasteiger partial charge in [-0.2, -0.15) is 9.40 Å². The van der Waals surface area contributed by atoms with Gasteiger partial charge in [-0.1, -0.05) is 12.8 Å². The standard InChI is InChI=1S/C19H26N4O3S/c1-14(2)22(3)27(25,26)17-10-8-15(9-11-17)19(24)21-18-12-13-20-23(18)16-6-4-5-7-16/h8-14,16H,4-7H2,1-3H3,(H,21,24). The van der Waals surface area contributed by atoms with Crippen LogP contribution in [0.25, 0.3) is 0 Å². The first kappa shape index (κ1) is 19.6. The lowest BCUT2D eigenvalue weighted by Crippen LogP contribution is -2.33. The van der Waals surface area contributed by atoms with Crippen molar-refractivity contribution in [1.29, 1.82) is 0 Å². The normalized spacial score (nSPS) is 15.6. The molecule has 1 saturated carbocycles. The second kappa shape index (κ2) is 7.82. The summed E-state index contributed by atoms with van der Waals surface area (Å²) >= 11 is 0. The SMILES string of the molecule is CC(C)N(C)S(=O)(=O)c1ccc(C(=O)Nc2ccnn2C2CCCC2)cc1. The Balaban J connectivity index is 1.74. The zero-order valence-corrected chi connectivity index (χ0v) is 16.7. The molecule has 0 bridgehead atoms. The van der Waals surface area contributed by atoms with E-state index in [9.17, 15) is 13.2 Å². The van der Waals surface area contributed by atoms with Crippen molar-refractivity contribution in [2.75, 3.05) is 12.4 Å². The van der Waals surface area contributed by atoms with Crippen LogP contribution in [0.3, 0.4) is 0 Å². The minimum absolute atomic E-state index is 0.145. The van der Waals surface area contributed by atoms with Gasteiger partial charge in [-0.15, -0.1) is 0 Å². The predicted molar refractivity (Wildman–Crippen MR) is 104 cm³/mol. The maximum atomic E-state index is 12.6. The van der Waals surface area contributed by atoms with E-state index in [0.717, 1.165) is 12.8 Å². The van der Waals surface area contributed by atoms with Crippen LogP contribution in [-0.4, -0.2) is 41.5 Å². The first-order chi connectivity index (χ1) is 12.8. The molecule has 1 N–H and O–H groups in total. The van der Waals surface area contributed by atoms with Gasteiger partial charge in [-0.3, -0.25) is 4.79 Å². The molecule has 2 aromatic rings. The fourth-order valence-electron chi connectivity index (χ4n) is 3.26. The van der Waals surface area contributed by atoms with Crippen molar-refractivity contribution in [3.63, 3.8) is 0 Å². The zero-order valence-electron chi connectivity index (χ0n) is 15.9. The van der Waals surface area contributed by atoms with Crippen molar-refractivity contribution in [3.05, 3.63) is 42.1 Å². The minimum atomic E-state index is -3.56. The lowest BCUT2D eigenvalue weighted by Gasteiger charge is -2.21. The van der Waals surface area contributed by atoms with E-state index in [2.05, 4.69) is 10.4 Å². The van der Waals surface area contributed by atoms with Crippen LogP contribution in [0.2, 0.25) is 0 Å². The third-order valence-corrected chi connectivity index (χ3v) is 7.15. The van der Waals surface area contributed by atoms with Gasteiger partial charge in [0.15, 0.2) is 0 Å². The van der Waals surface area contributed by atoms with Gasteiger partial charge in [0.25, 0.3) is 5.91 Å². The molecular formula is C19H26N4O3S. The number of anilines is 1. The average molecular weight is 391 g/mol. The van der Waals surface area contributed by atoms with Crippen LogP contribution in [0, 0.1) is 0 Å². The summed E-state index contributed by atoms with van der Waals surface area (Å²) in [5.41, 5.74) is 0.403. The number of carbonyl (C=O) groups excluding carboxylic acids is 1. The summed E-state index contributed by atoms with van der Waals surface area (Å²) in [5.74, 6) is 0.388. The van der Waals surface area contributed by atoms with Crippen molar-refractivity contribution in [1.82, 2.24) is 14.1 Å². The molecule has 1 fully saturated rings. The van der Waals surface area contributed by atoms with Crippen LogP contribution < -0.4 is 5.32 Å². The molecule has 146 valence electrons. The number of nitrogens with zero attached hydrogens (tertiary/aromatic N) is 3. The van der Waals surface area contributed by atoms with Gasteiger partial charge in [-0.25, -0.2) is 13.1 Å². The highest BCUT2D eigenvalue weighted by Gasteiger charge is 2.24. The highest BCUT2D eigenvalue weighted by molar-refractivity contribution is 7.89. The van der Waals surface area contributed by atoms with E-state index in [0.29, 0.717) is 17.4 Å². The molecule has 1 aromatic heterocycles. The molecule has 0 unspecified atom stereocenters. The number of carbonyl (C=O) groups is 1. The molecule has 0 aliphatic heterocycles. The molecular weight excluding hydrogens is 364 g/mol.